The molecule has 2 nitrogen and oxygen atoms in total. The van der Waals surface area contributed by atoms with Gasteiger partial charge in [0, 0.05) is 12.8 Å². The van der Waals surface area contributed by atoms with Crippen molar-refractivity contribution in [2.75, 3.05) is 0 Å². The predicted molar refractivity (Wildman–Crippen MR) is 39.4 cm³/mol. The molecule has 0 saturated carbocycles. The first-order valence-electron chi connectivity index (χ1n) is 3.21. The maximum absolute atomic E-state index is 8.24. The summed E-state index contributed by atoms with van der Waals surface area (Å²) in [6.07, 6.45) is 3.64. The van der Waals surface area contributed by atoms with Crippen molar-refractivity contribution in [1.29, 1.82) is 5.26 Å². The summed E-state index contributed by atoms with van der Waals surface area (Å²) in [5.41, 5.74) is 2.05. The summed E-state index contributed by atoms with van der Waals surface area (Å²) < 4.78 is 2.10. The summed E-state index contributed by atoms with van der Waals surface area (Å²) >= 11 is 1.68. The first-order valence-corrected chi connectivity index (χ1v) is 4.16. The molecule has 10 heavy (non-hydrogen) atoms. The van der Waals surface area contributed by atoms with Crippen molar-refractivity contribution in [3.8, 4) is 6.07 Å². The Bertz CT molecular complexity index is 210. The number of unbranched alkanes of at least 4 members (excludes halogenated alkanes) is 1. The number of hydrogen-bond donors (Lipinski definition) is 0. The minimum Gasteiger partial charge on any atom is -0.198 e. The topological polar surface area (TPSA) is 27.7 Å². The summed E-state index contributed by atoms with van der Waals surface area (Å²) in [6, 6.07) is 2.12. The van der Waals surface area contributed by atoms with E-state index in [2.05, 4.69) is 16.1 Å². The van der Waals surface area contributed by atoms with E-state index in [9.17, 15) is 0 Å². The molecule has 0 unspecified atom stereocenters. The van der Waals surface area contributed by atoms with Crippen LogP contribution in [0.1, 0.15) is 12.8 Å². The Morgan fingerprint density at radius 2 is 2.50 bits per heavy atom. The maximum Gasteiger partial charge on any atom is 0.224 e. The zero-order valence-corrected chi connectivity index (χ0v) is 6.47. The van der Waals surface area contributed by atoms with Gasteiger partial charge in [0.1, 0.15) is 6.54 Å². The van der Waals surface area contributed by atoms with Crippen molar-refractivity contribution in [3.63, 3.8) is 0 Å². The fraction of sp³-hybridized carbons (Fsp3) is 0.429. The van der Waals surface area contributed by atoms with Crippen LogP contribution >= 0.6 is 11.3 Å². The molecule has 1 rings (SSSR count). The van der Waals surface area contributed by atoms with E-state index in [0.717, 1.165) is 13.0 Å². The van der Waals surface area contributed by atoms with Gasteiger partial charge in [0.15, 0.2) is 6.20 Å². The quantitative estimate of drug-likeness (QED) is 0.475. The molecule has 0 radical (unpaired) electrons. The monoisotopic (exact) mass is 153 g/mol. The van der Waals surface area contributed by atoms with E-state index in [1.54, 1.807) is 11.3 Å². The Balaban J connectivity index is 2.23. The maximum atomic E-state index is 8.24. The second-order valence-electron chi connectivity index (χ2n) is 2.03. The normalized spacial score (nSPS) is 9.10. The Morgan fingerprint density at radius 3 is 3.10 bits per heavy atom. The van der Waals surface area contributed by atoms with Gasteiger partial charge in [-0.25, -0.2) is 0 Å². The molecule has 0 atom stereocenters. The fourth-order valence-electron chi connectivity index (χ4n) is 0.730. The Kier molecular flexibility index (Phi) is 2.91. The van der Waals surface area contributed by atoms with Crippen LogP contribution in [0.4, 0.5) is 0 Å². The molecule has 0 aromatic carbocycles. The highest BCUT2D eigenvalue weighted by Crippen LogP contribution is 1.90. The molecule has 0 aliphatic carbocycles. The van der Waals surface area contributed by atoms with Crippen molar-refractivity contribution < 1.29 is 4.57 Å². The van der Waals surface area contributed by atoms with Gasteiger partial charge < -0.3 is 0 Å². The summed E-state index contributed by atoms with van der Waals surface area (Å²) in [4.78, 5) is 0. The van der Waals surface area contributed by atoms with Crippen LogP contribution in [0.5, 0.6) is 0 Å². The lowest BCUT2D eigenvalue weighted by atomic mass is 10.3. The lowest BCUT2D eigenvalue weighted by Gasteiger charge is -1.85. The average molecular weight is 153 g/mol. The van der Waals surface area contributed by atoms with Gasteiger partial charge in [0.05, 0.1) is 11.4 Å². The molecule has 1 heterocycles. The second-order valence-corrected chi connectivity index (χ2v) is 2.78. The largest absolute Gasteiger partial charge is 0.224 e. The molecule has 0 aliphatic heterocycles. The van der Waals surface area contributed by atoms with E-state index in [4.69, 9.17) is 5.26 Å². The van der Waals surface area contributed by atoms with E-state index < -0.39 is 0 Å². The molecule has 0 aliphatic rings. The zero-order chi connectivity index (χ0) is 7.23. The number of aromatic nitrogens is 1. The molecule has 0 amide bonds. The number of nitriles is 1. The van der Waals surface area contributed by atoms with Crippen LogP contribution in [0.3, 0.4) is 0 Å². The molecule has 0 fully saturated rings. The highest BCUT2D eigenvalue weighted by Gasteiger charge is 1.97. The van der Waals surface area contributed by atoms with Crippen molar-refractivity contribution in [3.05, 3.63) is 17.1 Å². The fourth-order valence-corrected chi connectivity index (χ4v) is 1.36. The van der Waals surface area contributed by atoms with Crippen LogP contribution in [-0.4, -0.2) is 0 Å². The van der Waals surface area contributed by atoms with Crippen molar-refractivity contribution in [2.45, 2.75) is 19.4 Å². The van der Waals surface area contributed by atoms with E-state index >= 15 is 0 Å². The number of aryl methyl sites for hydroxylation is 1. The van der Waals surface area contributed by atoms with Crippen LogP contribution in [0.15, 0.2) is 17.1 Å². The summed E-state index contributed by atoms with van der Waals surface area (Å²) in [7, 11) is 0. The van der Waals surface area contributed by atoms with E-state index in [1.165, 1.54) is 0 Å². The third-order valence-electron chi connectivity index (χ3n) is 1.23. The van der Waals surface area contributed by atoms with Crippen LogP contribution < -0.4 is 4.57 Å². The molecule has 0 spiro atoms. The lowest BCUT2D eigenvalue weighted by Crippen LogP contribution is -2.29. The van der Waals surface area contributed by atoms with Gasteiger partial charge in [-0.3, -0.25) is 0 Å². The smallest absolute Gasteiger partial charge is 0.198 e. The van der Waals surface area contributed by atoms with E-state index in [1.807, 2.05) is 11.6 Å². The zero-order valence-electron chi connectivity index (χ0n) is 5.66. The van der Waals surface area contributed by atoms with Gasteiger partial charge in [-0.05, 0) is 0 Å². The van der Waals surface area contributed by atoms with E-state index in [0.29, 0.717) is 6.42 Å². The second kappa shape index (κ2) is 4.02. The van der Waals surface area contributed by atoms with Crippen molar-refractivity contribution >= 4 is 11.3 Å². The molecule has 0 N–H and O–H groups in total. The standard InChI is InChI=1S/C7H9N2S/c8-3-1-2-4-9-5-6-10-7-9/h5-7H,1-2,4H2/q+1. The highest BCUT2D eigenvalue weighted by atomic mass is 32.1. The number of nitrogens with zero attached hydrogens (tertiary/aromatic N) is 2. The third kappa shape index (κ3) is 2.16. The lowest BCUT2D eigenvalue weighted by molar-refractivity contribution is -0.692. The average Bonchev–Trinajstić information content (AvgIpc) is 2.41. The van der Waals surface area contributed by atoms with Crippen molar-refractivity contribution in [1.82, 2.24) is 0 Å². The first kappa shape index (κ1) is 7.23. The van der Waals surface area contributed by atoms with Gasteiger partial charge in [-0.2, -0.15) is 9.83 Å². The molecule has 3 heteroatoms. The predicted octanol–water partition coefficient (Wildman–Crippen LogP) is 1.34. The molecule has 0 saturated heterocycles. The third-order valence-corrected chi connectivity index (χ3v) is 1.90. The van der Waals surface area contributed by atoms with Crippen molar-refractivity contribution in [2.24, 2.45) is 0 Å². The molecule has 52 valence electrons. The number of hydrogen-bond acceptors (Lipinski definition) is 2. The van der Waals surface area contributed by atoms with Gasteiger partial charge in [-0.1, -0.05) is 11.3 Å². The Morgan fingerprint density at radius 1 is 1.60 bits per heavy atom. The van der Waals surface area contributed by atoms with Crippen LogP contribution in [0.2, 0.25) is 0 Å². The highest BCUT2D eigenvalue weighted by molar-refractivity contribution is 7.07. The Hall–Kier alpha value is -0.880. The molecule has 1 aromatic heterocycles. The molecular formula is C7H9N2S+. The van der Waals surface area contributed by atoms with Crippen LogP contribution in [0.25, 0.3) is 0 Å². The number of rotatable bonds is 3. The van der Waals surface area contributed by atoms with Gasteiger partial charge in [0.25, 0.3) is 0 Å². The first-order chi connectivity index (χ1) is 4.93. The van der Waals surface area contributed by atoms with Gasteiger partial charge >= 0.3 is 0 Å². The number of thiazole rings is 1. The minimum absolute atomic E-state index is 0.656. The SMILES string of the molecule is N#CCCC[n+]1ccsc1. The molecule has 1 aromatic rings. The van der Waals surface area contributed by atoms with Gasteiger partial charge in [0.2, 0.25) is 5.51 Å². The van der Waals surface area contributed by atoms with E-state index in [-0.39, 0.29) is 0 Å². The molecular weight excluding hydrogens is 144 g/mol. The van der Waals surface area contributed by atoms with Gasteiger partial charge in [-0.15, -0.1) is 0 Å². The van der Waals surface area contributed by atoms with Crippen LogP contribution in [0, 0.1) is 11.3 Å². The minimum atomic E-state index is 0.656. The summed E-state index contributed by atoms with van der Waals surface area (Å²) in [5, 5.41) is 10.3. The van der Waals surface area contributed by atoms with Crippen LogP contribution in [-0.2, 0) is 6.54 Å². The Labute approximate surface area is 64.4 Å². The summed E-state index contributed by atoms with van der Waals surface area (Å²) in [6.45, 7) is 0.969. The summed E-state index contributed by atoms with van der Waals surface area (Å²) in [5.74, 6) is 0. The molecule has 0 bridgehead atoms.